The molecule has 0 aliphatic carbocycles. The van der Waals surface area contributed by atoms with E-state index in [-0.39, 0.29) is 5.69 Å². The van der Waals surface area contributed by atoms with Gasteiger partial charge in [0.05, 0.1) is 12.7 Å². The van der Waals surface area contributed by atoms with Crippen LogP contribution in [0, 0.1) is 0 Å². The molecule has 0 aliphatic rings. The minimum absolute atomic E-state index is 0.178. The van der Waals surface area contributed by atoms with Gasteiger partial charge in [-0.1, -0.05) is 11.6 Å². The Morgan fingerprint density at radius 1 is 1.42 bits per heavy atom. The van der Waals surface area contributed by atoms with Crippen LogP contribution in [0.5, 0.6) is 0 Å². The van der Waals surface area contributed by atoms with E-state index in [0.29, 0.717) is 15.6 Å². The topological polar surface area (TPSA) is 68.3 Å². The Kier molecular flexibility index (Phi) is 4.13. The van der Waals surface area contributed by atoms with Crippen molar-refractivity contribution in [3.63, 3.8) is 0 Å². The second kappa shape index (κ2) is 5.81. The molecule has 0 radical (unpaired) electrons. The number of ether oxygens (including phenoxy) is 1. The minimum atomic E-state index is -0.504. The summed E-state index contributed by atoms with van der Waals surface area (Å²) in [6.45, 7) is 0. The molecule has 1 amide bonds. The molecule has 0 bridgehead atoms. The van der Waals surface area contributed by atoms with Crippen LogP contribution in [0.1, 0.15) is 20.8 Å². The Labute approximate surface area is 118 Å². The van der Waals surface area contributed by atoms with E-state index in [0.717, 1.165) is 0 Å². The van der Waals surface area contributed by atoms with Crippen LogP contribution in [0.4, 0.5) is 5.00 Å². The number of hydrogen-bond donors (Lipinski definition) is 1. The predicted octanol–water partition coefficient (Wildman–Crippen LogP) is 2.84. The quantitative estimate of drug-likeness (QED) is 0.884. The molecule has 2 rings (SSSR count). The average Bonchev–Trinajstić information content (AvgIpc) is 2.86. The monoisotopic (exact) mass is 296 g/mol. The number of thiophene rings is 1. The molecule has 0 fully saturated rings. The number of carbonyl (C=O) groups excluding carboxylic acids is 2. The van der Waals surface area contributed by atoms with Crippen LogP contribution in [-0.2, 0) is 4.74 Å². The summed E-state index contributed by atoms with van der Waals surface area (Å²) in [6, 6.07) is 4.60. The normalized spacial score (nSPS) is 10.0. The first kappa shape index (κ1) is 13.5. The Bertz CT molecular complexity index is 627. The maximum Gasteiger partial charge on any atom is 0.340 e. The van der Waals surface area contributed by atoms with Crippen LogP contribution >= 0.6 is 22.9 Å². The molecule has 0 aliphatic heterocycles. The molecule has 2 aromatic rings. The van der Waals surface area contributed by atoms with Crippen LogP contribution in [0.15, 0.2) is 29.8 Å². The molecule has 1 N–H and O–H groups in total. The van der Waals surface area contributed by atoms with Crippen molar-refractivity contribution in [2.45, 2.75) is 0 Å². The number of esters is 1. The molecule has 2 aromatic heterocycles. The Morgan fingerprint density at radius 2 is 2.21 bits per heavy atom. The molecule has 0 unspecified atom stereocenters. The molecule has 19 heavy (non-hydrogen) atoms. The molecule has 0 aromatic carbocycles. The van der Waals surface area contributed by atoms with Crippen molar-refractivity contribution in [2.24, 2.45) is 0 Å². The number of anilines is 1. The van der Waals surface area contributed by atoms with Gasteiger partial charge in [-0.05, 0) is 23.6 Å². The zero-order chi connectivity index (χ0) is 13.8. The van der Waals surface area contributed by atoms with Gasteiger partial charge in [-0.25, -0.2) is 4.79 Å². The van der Waals surface area contributed by atoms with Crippen LogP contribution in [0.25, 0.3) is 0 Å². The van der Waals surface area contributed by atoms with Crippen LogP contribution in [0.3, 0.4) is 0 Å². The maximum atomic E-state index is 11.9. The number of aromatic nitrogens is 1. The second-order valence-corrected chi connectivity index (χ2v) is 4.82. The summed E-state index contributed by atoms with van der Waals surface area (Å²) in [5, 5.41) is 5.13. The third kappa shape index (κ3) is 3.10. The van der Waals surface area contributed by atoms with Crippen LogP contribution in [0.2, 0.25) is 5.02 Å². The fraction of sp³-hybridized carbons (Fsp3) is 0.0833. The number of amides is 1. The summed E-state index contributed by atoms with van der Waals surface area (Å²) in [5.74, 6) is -0.939. The SMILES string of the molecule is COC(=O)c1ccsc1NC(=O)c1cc(Cl)ccn1. The van der Waals surface area contributed by atoms with Crippen LogP contribution < -0.4 is 5.32 Å². The molecule has 0 saturated carbocycles. The van der Waals surface area contributed by atoms with Gasteiger partial charge in [0.15, 0.2) is 0 Å². The summed E-state index contributed by atoms with van der Waals surface area (Å²) in [6.07, 6.45) is 1.44. The summed E-state index contributed by atoms with van der Waals surface area (Å²) in [5.41, 5.74) is 0.486. The largest absolute Gasteiger partial charge is 0.465 e. The number of nitrogens with zero attached hydrogens (tertiary/aromatic N) is 1. The van der Waals surface area contributed by atoms with Gasteiger partial charge in [0, 0.05) is 11.2 Å². The summed E-state index contributed by atoms with van der Waals surface area (Å²) in [4.78, 5) is 27.3. The molecular weight excluding hydrogens is 288 g/mol. The Morgan fingerprint density at radius 3 is 2.89 bits per heavy atom. The number of pyridine rings is 1. The van der Waals surface area contributed by atoms with Gasteiger partial charge in [0.1, 0.15) is 10.7 Å². The summed E-state index contributed by atoms with van der Waals surface area (Å²) >= 11 is 7.01. The number of nitrogens with one attached hydrogen (secondary N) is 1. The summed E-state index contributed by atoms with van der Waals surface area (Å²) < 4.78 is 4.62. The lowest BCUT2D eigenvalue weighted by Crippen LogP contribution is -2.15. The lowest BCUT2D eigenvalue weighted by atomic mass is 10.3. The first-order chi connectivity index (χ1) is 9.11. The highest BCUT2D eigenvalue weighted by molar-refractivity contribution is 7.14. The van der Waals surface area contributed by atoms with Crippen molar-refractivity contribution in [3.8, 4) is 0 Å². The van der Waals surface area contributed by atoms with E-state index in [1.54, 1.807) is 17.5 Å². The molecule has 0 saturated heterocycles. The van der Waals surface area contributed by atoms with Crippen molar-refractivity contribution in [2.75, 3.05) is 12.4 Å². The standard InChI is InChI=1S/C12H9ClN2O3S/c1-18-12(17)8-3-5-19-11(8)15-10(16)9-6-7(13)2-4-14-9/h2-6H,1H3,(H,15,16). The minimum Gasteiger partial charge on any atom is -0.465 e. The zero-order valence-corrected chi connectivity index (χ0v) is 11.4. The highest BCUT2D eigenvalue weighted by Gasteiger charge is 2.16. The van der Waals surface area contributed by atoms with Gasteiger partial charge in [0.2, 0.25) is 0 Å². The van der Waals surface area contributed by atoms with Crippen molar-refractivity contribution in [1.82, 2.24) is 4.98 Å². The van der Waals surface area contributed by atoms with Gasteiger partial charge in [-0.15, -0.1) is 11.3 Å². The predicted molar refractivity (Wildman–Crippen MR) is 72.9 cm³/mol. The van der Waals surface area contributed by atoms with Crippen molar-refractivity contribution >= 4 is 39.8 Å². The first-order valence-corrected chi connectivity index (χ1v) is 6.46. The molecule has 5 nitrogen and oxygen atoms in total. The number of methoxy groups -OCH3 is 1. The lowest BCUT2D eigenvalue weighted by Gasteiger charge is -2.04. The third-order valence-corrected chi connectivity index (χ3v) is 3.32. The Balaban J connectivity index is 2.20. The van der Waals surface area contributed by atoms with Crippen molar-refractivity contribution < 1.29 is 14.3 Å². The zero-order valence-electron chi connectivity index (χ0n) is 9.84. The molecule has 98 valence electrons. The highest BCUT2D eigenvalue weighted by atomic mass is 35.5. The molecule has 0 spiro atoms. The van der Waals surface area contributed by atoms with Crippen molar-refractivity contribution in [3.05, 3.63) is 46.1 Å². The van der Waals surface area contributed by atoms with Gasteiger partial charge >= 0.3 is 5.97 Å². The number of hydrogen-bond acceptors (Lipinski definition) is 5. The molecule has 7 heteroatoms. The van der Waals surface area contributed by atoms with E-state index in [2.05, 4.69) is 15.0 Å². The van der Waals surface area contributed by atoms with Gasteiger partial charge in [-0.3, -0.25) is 9.78 Å². The smallest absolute Gasteiger partial charge is 0.340 e. The number of halogens is 1. The number of rotatable bonds is 3. The number of carbonyl (C=O) groups is 2. The van der Waals surface area contributed by atoms with E-state index >= 15 is 0 Å². The second-order valence-electron chi connectivity index (χ2n) is 3.47. The summed E-state index contributed by atoms with van der Waals surface area (Å²) in [7, 11) is 1.28. The van der Waals surface area contributed by atoms with E-state index in [1.807, 2.05) is 0 Å². The average molecular weight is 297 g/mol. The highest BCUT2D eigenvalue weighted by Crippen LogP contribution is 2.24. The third-order valence-electron chi connectivity index (χ3n) is 2.25. The molecule has 0 atom stereocenters. The van der Waals surface area contributed by atoms with E-state index in [4.69, 9.17) is 11.6 Å². The van der Waals surface area contributed by atoms with Crippen LogP contribution in [-0.4, -0.2) is 24.0 Å². The molecule has 2 heterocycles. The van der Waals surface area contributed by atoms with Crippen molar-refractivity contribution in [1.29, 1.82) is 0 Å². The van der Waals surface area contributed by atoms with Gasteiger partial charge < -0.3 is 10.1 Å². The fourth-order valence-electron chi connectivity index (χ4n) is 1.37. The Hall–Kier alpha value is -1.92. The molecular formula is C12H9ClN2O3S. The van der Waals surface area contributed by atoms with E-state index < -0.39 is 11.9 Å². The first-order valence-electron chi connectivity index (χ1n) is 5.20. The van der Waals surface area contributed by atoms with Gasteiger partial charge in [-0.2, -0.15) is 0 Å². The lowest BCUT2D eigenvalue weighted by molar-refractivity contribution is 0.0602. The fourth-order valence-corrected chi connectivity index (χ4v) is 2.30. The van der Waals surface area contributed by atoms with E-state index in [9.17, 15) is 9.59 Å². The maximum absolute atomic E-state index is 11.9. The van der Waals surface area contributed by atoms with E-state index in [1.165, 1.54) is 30.7 Å². The van der Waals surface area contributed by atoms with Gasteiger partial charge in [0.25, 0.3) is 5.91 Å².